The summed E-state index contributed by atoms with van der Waals surface area (Å²) in [5.41, 5.74) is 2.28. The smallest absolute Gasteiger partial charge is 0.303 e. The van der Waals surface area contributed by atoms with Gasteiger partial charge in [0.1, 0.15) is 11.5 Å². The number of hydrogen-bond acceptors (Lipinski definition) is 4. The number of fused-ring (bicyclic) bond motifs is 1. The van der Waals surface area contributed by atoms with Gasteiger partial charge in [-0.25, -0.2) is 4.98 Å². The van der Waals surface area contributed by atoms with Crippen LogP contribution >= 0.6 is 15.9 Å². The number of aromatic nitrogens is 1. The lowest BCUT2D eigenvalue weighted by atomic mass is 9.97. The van der Waals surface area contributed by atoms with Crippen LogP contribution in [0.15, 0.2) is 83.3 Å². The molecule has 29 heavy (non-hydrogen) atoms. The zero-order valence-corrected chi connectivity index (χ0v) is 16.7. The van der Waals surface area contributed by atoms with Gasteiger partial charge in [-0.15, -0.1) is 0 Å². The predicted octanol–water partition coefficient (Wildman–Crippen LogP) is 6.63. The lowest BCUT2D eigenvalue weighted by molar-refractivity contribution is -0.384. The second kappa shape index (κ2) is 7.85. The first-order chi connectivity index (χ1) is 14.0. The molecule has 1 heterocycles. The Morgan fingerprint density at radius 3 is 2.31 bits per heavy atom. The number of nitro groups is 1. The Morgan fingerprint density at radius 1 is 1.00 bits per heavy atom. The van der Waals surface area contributed by atoms with Crippen LogP contribution in [0.3, 0.4) is 0 Å². The van der Waals surface area contributed by atoms with Gasteiger partial charge in [-0.1, -0.05) is 76.6 Å². The molecule has 0 aliphatic carbocycles. The molecule has 0 spiro atoms. The zero-order chi connectivity index (χ0) is 20.4. The number of pyridine rings is 1. The monoisotopic (exact) mass is 446 g/mol. The van der Waals surface area contributed by atoms with Gasteiger partial charge in [0.15, 0.2) is 0 Å². The first-order valence-corrected chi connectivity index (χ1v) is 9.63. The molecule has 5 nitrogen and oxygen atoms in total. The summed E-state index contributed by atoms with van der Waals surface area (Å²) in [5.74, 6) is -0.0864. The molecule has 0 aliphatic rings. The van der Waals surface area contributed by atoms with Crippen LogP contribution in [0.5, 0.6) is 0 Å². The summed E-state index contributed by atoms with van der Waals surface area (Å²) >= 11 is 3.44. The van der Waals surface area contributed by atoms with E-state index in [-0.39, 0.29) is 17.1 Å². The van der Waals surface area contributed by atoms with Crippen molar-refractivity contribution in [3.05, 3.63) is 105 Å². The summed E-state index contributed by atoms with van der Waals surface area (Å²) in [6.45, 7) is 0. The third kappa shape index (κ3) is 3.75. The summed E-state index contributed by atoms with van der Waals surface area (Å²) in [5, 5.41) is 23.3. The predicted molar refractivity (Wildman–Crippen MR) is 118 cm³/mol. The normalized spacial score (nSPS) is 11.6. The van der Waals surface area contributed by atoms with Crippen molar-refractivity contribution in [1.29, 1.82) is 0 Å². The highest BCUT2D eigenvalue weighted by Crippen LogP contribution is 2.40. The Balaban J connectivity index is 2.07. The molecule has 0 unspecified atom stereocenters. The van der Waals surface area contributed by atoms with Crippen LogP contribution in [0.1, 0.15) is 11.3 Å². The van der Waals surface area contributed by atoms with Gasteiger partial charge in [0.2, 0.25) is 0 Å². The van der Waals surface area contributed by atoms with Crippen LogP contribution in [0.25, 0.3) is 33.9 Å². The number of rotatable bonds is 4. The molecule has 1 aromatic heterocycles. The SMILES string of the molecule is O=[N+]([O-])c1c(/C=C(\O)c2ccccc2)nc2ccc(Br)cc2c1-c1ccccc1. The van der Waals surface area contributed by atoms with Gasteiger partial charge in [-0.2, -0.15) is 0 Å². The van der Waals surface area contributed by atoms with E-state index in [0.29, 0.717) is 27.6 Å². The highest BCUT2D eigenvalue weighted by atomic mass is 79.9. The lowest BCUT2D eigenvalue weighted by Crippen LogP contribution is -2.00. The third-order valence-corrected chi connectivity index (χ3v) is 5.03. The minimum absolute atomic E-state index is 0.0864. The fraction of sp³-hybridized carbons (Fsp3) is 0. The molecule has 4 rings (SSSR count). The van der Waals surface area contributed by atoms with Crippen LogP contribution in [0.2, 0.25) is 0 Å². The minimum atomic E-state index is -0.445. The second-order valence-electron chi connectivity index (χ2n) is 6.40. The van der Waals surface area contributed by atoms with Gasteiger partial charge in [-0.05, 0) is 23.8 Å². The topological polar surface area (TPSA) is 76.3 Å². The number of aliphatic hydroxyl groups is 1. The van der Waals surface area contributed by atoms with E-state index in [0.717, 1.165) is 4.47 Å². The minimum Gasteiger partial charge on any atom is -0.507 e. The van der Waals surface area contributed by atoms with Crippen LogP contribution in [-0.2, 0) is 0 Å². The van der Waals surface area contributed by atoms with Crippen molar-refractivity contribution in [3.8, 4) is 11.1 Å². The number of nitrogens with zero attached hydrogens (tertiary/aromatic N) is 2. The van der Waals surface area contributed by atoms with E-state index in [1.807, 2.05) is 48.5 Å². The maximum atomic E-state index is 12.1. The lowest BCUT2D eigenvalue weighted by Gasteiger charge is -2.11. The van der Waals surface area contributed by atoms with Gasteiger partial charge in [0.25, 0.3) is 0 Å². The Hall–Kier alpha value is -3.51. The summed E-state index contributed by atoms with van der Waals surface area (Å²) < 4.78 is 0.800. The van der Waals surface area contributed by atoms with Crippen molar-refractivity contribution in [2.45, 2.75) is 0 Å². The first-order valence-electron chi connectivity index (χ1n) is 8.84. The van der Waals surface area contributed by atoms with Crippen LogP contribution in [-0.4, -0.2) is 15.0 Å². The Morgan fingerprint density at radius 2 is 1.66 bits per heavy atom. The molecule has 0 aliphatic heterocycles. The van der Waals surface area contributed by atoms with Gasteiger partial charge in [0.05, 0.1) is 16.0 Å². The standard InChI is InChI=1S/C23H15BrN2O3/c24-17-11-12-19-18(13-17)22(16-9-5-2-6-10-16)23(26(28)29)20(25-19)14-21(27)15-7-3-1-4-8-15/h1-14,27H/b21-14-. The van der Waals surface area contributed by atoms with Crippen molar-refractivity contribution < 1.29 is 10.0 Å². The molecule has 4 aromatic rings. The average Bonchev–Trinajstić information content (AvgIpc) is 2.74. The maximum absolute atomic E-state index is 12.1. The van der Waals surface area contributed by atoms with Gasteiger partial charge in [0, 0.05) is 21.5 Å². The molecule has 0 amide bonds. The zero-order valence-electron chi connectivity index (χ0n) is 15.1. The summed E-state index contributed by atoms with van der Waals surface area (Å²) in [6, 6.07) is 23.5. The molecule has 1 N–H and O–H groups in total. The Labute approximate surface area is 175 Å². The quantitative estimate of drug-likeness (QED) is 0.217. The fourth-order valence-corrected chi connectivity index (χ4v) is 3.61. The van der Waals surface area contributed by atoms with Crippen molar-refractivity contribution >= 4 is 44.4 Å². The van der Waals surface area contributed by atoms with Crippen molar-refractivity contribution in [2.24, 2.45) is 0 Å². The van der Waals surface area contributed by atoms with Crippen LogP contribution in [0, 0.1) is 10.1 Å². The highest BCUT2D eigenvalue weighted by Gasteiger charge is 2.25. The average molecular weight is 447 g/mol. The molecular formula is C23H15BrN2O3. The molecule has 0 radical (unpaired) electrons. The van der Waals surface area contributed by atoms with E-state index < -0.39 is 4.92 Å². The van der Waals surface area contributed by atoms with Crippen LogP contribution in [0.4, 0.5) is 5.69 Å². The molecule has 0 saturated heterocycles. The molecule has 3 aromatic carbocycles. The van der Waals surface area contributed by atoms with E-state index >= 15 is 0 Å². The largest absolute Gasteiger partial charge is 0.507 e. The van der Waals surface area contributed by atoms with E-state index in [4.69, 9.17) is 0 Å². The van der Waals surface area contributed by atoms with E-state index in [1.165, 1.54) is 6.08 Å². The van der Waals surface area contributed by atoms with Crippen molar-refractivity contribution in [3.63, 3.8) is 0 Å². The Kier molecular flexibility index (Phi) is 5.10. The first kappa shape index (κ1) is 18.8. The number of hydrogen-bond donors (Lipinski definition) is 1. The number of aliphatic hydroxyl groups excluding tert-OH is 1. The molecule has 142 valence electrons. The van der Waals surface area contributed by atoms with E-state index in [1.54, 1.807) is 30.3 Å². The van der Waals surface area contributed by atoms with Crippen molar-refractivity contribution in [1.82, 2.24) is 4.98 Å². The van der Waals surface area contributed by atoms with E-state index in [9.17, 15) is 15.2 Å². The molecule has 6 heteroatoms. The van der Waals surface area contributed by atoms with Crippen LogP contribution < -0.4 is 0 Å². The summed E-state index contributed by atoms with van der Waals surface area (Å²) in [7, 11) is 0. The van der Waals surface area contributed by atoms with Gasteiger partial charge < -0.3 is 5.11 Å². The van der Waals surface area contributed by atoms with Crippen molar-refractivity contribution in [2.75, 3.05) is 0 Å². The molecule has 0 fully saturated rings. The number of benzene rings is 3. The van der Waals surface area contributed by atoms with Gasteiger partial charge in [-0.3, -0.25) is 10.1 Å². The fourth-order valence-electron chi connectivity index (χ4n) is 3.25. The molecule has 0 bridgehead atoms. The third-order valence-electron chi connectivity index (χ3n) is 4.54. The molecule has 0 saturated carbocycles. The Bertz CT molecular complexity index is 1240. The van der Waals surface area contributed by atoms with E-state index in [2.05, 4.69) is 20.9 Å². The van der Waals surface area contributed by atoms with Gasteiger partial charge >= 0.3 is 5.69 Å². The molecular weight excluding hydrogens is 432 g/mol. The maximum Gasteiger partial charge on any atom is 0.303 e. The summed E-state index contributed by atoms with van der Waals surface area (Å²) in [6.07, 6.45) is 1.35. The highest BCUT2D eigenvalue weighted by molar-refractivity contribution is 9.10. The second-order valence-corrected chi connectivity index (χ2v) is 7.32. The molecule has 0 atom stereocenters. The summed E-state index contributed by atoms with van der Waals surface area (Å²) in [4.78, 5) is 16.2. The number of halogens is 1.